The normalized spacial score (nSPS) is 11.7. The number of benzene rings is 1. The Balaban J connectivity index is 1.80. The molecule has 0 radical (unpaired) electrons. The summed E-state index contributed by atoms with van der Waals surface area (Å²) in [5.74, 6) is -1.14. The average Bonchev–Trinajstić information content (AvgIpc) is 3.35. The van der Waals surface area contributed by atoms with Gasteiger partial charge >= 0.3 is 0 Å². The first-order valence-electron chi connectivity index (χ1n) is 11.0. The fourth-order valence-corrected chi connectivity index (χ4v) is 3.64. The Morgan fingerprint density at radius 3 is 2.60 bits per heavy atom. The Morgan fingerprint density at radius 1 is 1.20 bits per heavy atom. The minimum atomic E-state index is -0.763. The number of pyridine rings is 2. The Labute approximate surface area is 200 Å². The molecule has 0 unspecified atom stereocenters. The van der Waals surface area contributed by atoms with Gasteiger partial charge in [-0.1, -0.05) is 26.0 Å². The van der Waals surface area contributed by atoms with Gasteiger partial charge in [0.05, 0.1) is 12.1 Å². The number of amides is 1. The number of aromatic hydroxyl groups is 1. The van der Waals surface area contributed by atoms with Gasteiger partial charge in [0.1, 0.15) is 22.7 Å². The maximum atomic E-state index is 13.5. The number of H-pyrrole nitrogens is 1. The summed E-state index contributed by atoms with van der Waals surface area (Å²) >= 11 is 0. The van der Waals surface area contributed by atoms with Crippen LogP contribution in [0.15, 0.2) is 53.7 Å². The van der Waals surface area contributed by atoms with Crippen molar-refractivity contribution in [1.82, 2.24) is 24.8 Å². The third-order valence-electron chi connectivity index (χ3n) is 5.70. The number of carbonyl (C=O) groups is 1. The molecule has 0 bridgehead atoms. The van der Waals surface area contributed by atoms with Gasteiger partial charge in [-0.15, -0.1) is 0 Å². The van der Waals surface area contributed by atoms with Crippen LogP contribution in [0.25, 0.3) is 11.0 Å². The number of aliphatic hydroxyl groups excluding tert-OH is 1. The van der Waals surface area contributed by atoms with E-state index in [1.807, 2.05) is 0 Å². The molecule has 4 rings (SSSR count). The van der Waals surface area contributed by atoms with Gasteiger partial charge in [-0.2, -0.15) is 0 Å². The number of aliphatic hydroxyl groups is 1. The highest BCUT2D eigenvalue weighted by Gasteiger charge is 2.26. The number of aromatic amines is 1. The second-order valence-electron chi connectivity index (χ2n) is 9.17. The molecule has 0 atom stereocenters. The first-order chi connectivity index (χ1) is 16.7. The lowest BCUT2D eigenvalue weighted by Gasteiger charge is -2.22. The first-order valence-corrected chi connectivity index (χ1v) is 11.0. The molecule has 182 valence electrons. The highest BCUT2D eigenvalue weighted by atomic mass is 19.1. The number of carbonyl (C=O) groups excluding carboxylic acids is 1. The van der Waals surface area contributed by atoms with Crippen LogP contribution < -0.4 is 10.9 Å². The SMILES string of the molecule is CC(C)(CO)CNC(=O)c1c(O)c2ncc(Cc3ccc(F)cc3)cc2n(Cc2ncc[nH]2)c1=O. The van der Waals surface area contributed by atoms with Crippen LogP contribution in [-0.4, -0.2) is 48.8 Å². The fourth-order valence-electron chi connectivity index (χ4n) is 3.64. The number of rotatable bonds is 8. The minimum Gasteiger partial charge on any atom is -0.505 e. The fraction of sp³-hybridized carbons (Fsp3) is 0.280. The second-order valence-corrected chi connectivity index (χ2v) is 9.17. The summed E-state index contributed by atoms with van der Waals surface area (Å²) in [6.07, 6.45) is 5.14. The van der Waals surface area contributed by atoms with Crippen LogP contribution in [0.4, 0.5) is 4.39 Å². The van der Waals surface area contributed by atoms with Crippen molar-refractivity contribution in [2.24, 2.45) is 5.41 Å². The molecule has 4 N–H and O–H groups in total. The molecule has 0 fully saturated rings. The van der Waals surface area contributed by atoms with E-state index in [4.69, 9.17) is 0 Å². The molecular formula is C25H26FN5O4. The molecule has 35 heavy (non-hydrogen) atoms. The summed E-state index contributed by atoms with van der Waals surface area (Å²) in [7, 11) is 0. The van der Waals surface area contributed by atoms with E-state index >= 15 is 0 Å². The molecule has 1 aromatic carbocycles. The lowest BCUT2D eigenvalue weighted by Crippen LogP contribution is -2.39. The molecule has 1 amide bonds. The number of aromatic nitrogens is 4. The predicted molar refractivity (Wildman–Crippen MR) is 128 cm³/mol. The van der Waals surface area contributed by atoms with E-state index in [0.717, 1.165) is 11.1 Å². The number of fused-ring (bicyclic) bond motifs is 1. The van der Waals surface area contributed by atoms with E-state index in [2.05, 4.69) is 20.3 Å². The van der Waals surface area contributed by atoms with Gasteiger partial charge in [-0.3, -0.25) is 19.1 Å². The van der Waals surface area contributed by atoms with Gasteiger partial charge in [-0.05, 0) is 35.7 Å². The quantitative estimate of drug-likeness (QED) is 0.307. The predicted octanol–water partition coefficient (Wildman–Crippen LogP) is 2.35. The molecule has 0 aliphatic carbocycles. The first kappa shape index (κ1) is 24.1. The van der Waals surface area contributed by atoms with E-state index in [0.29, 0.717) is 17.8 Å². The molecule has 0 saturated heterocycles. The smallest absolute Gasteiger partial charge is 0.268 e. The number of imidazole rings is 1. The van der Waals surface area contributed by atoms with Crippen LogP contribution in [0.1, 0.15) is 41.2 Å². The van der Waals surface area contributed by atoms with Crippen molar-refractivity contribution in [2.75, 3.05) is 13.2 Å². The van der Waals surface area contributed by atoms with Gasteiger partial charge in [0.2, 0.25) is 0 Å². The van der Waals surface area contributed by atoms with Gasteiger partial charge in [0.25, 0.3) is 11.5 Å². The highest BCUT2D eigenvalue weighted by Crippen LogP contribution is 2.26. The van der Waals surface area contributed by atoms with Gasteiger partial charge in [0.15, 0.2) is 5.75 Å². The van der Waals surface area contributed by atoms with E-state index in [9.17, 15) is 24.2 Å². The van der Waals surface area contributed by atoms with E-state index in [1.54, 1.807) is 50.6 Å². The Morgan fingerprint density at radius 2 is 1.94 bits per heavy atom. The lowest BCUT2D eigenvalue weighted by atomic mass is 9.95. The van der Waals surface area contributed by atoms with Gasteiger partial charge < -0.3 is 20.5 Å². The zero-order chi connectivity index (χ0) is 25.2. The minimum absolute atomic E-state index is 0.0205. The van der Waals surface area contributed by atoms with Crippen LogP contribution in [0.3, 0.4) is 0 Å². The molecule has 3 aromatic heterocycles. The standard InChI is InChI=1S/C25H26FN5O4/c1-25(2,14-32)13-30-23(34)20-22(33)21-18(31(24(20)35)12-19-27-7-8-28-19)10-16(11-29-21)9-15-3-5-17(26)6-4-15/h3-8,10-11,32-33H,9,12-14H2,1-2H3,(H,27,28)(H,30,34). The zero-order valence-corrected chi connectivity index (χ0v) is 19.4. The van der Waals surface area contributed by atoms with E-state index in [-0.39, 0.29) is 31.0 Å². The summed E-state index contributed by atoms with van der Waals surface area (Å²) in [6, 6.07) is 7.77. The molecule has 9 nitrogen and oxygen atoms in total. The van der Waals surface area contributed by atoms with Gasteiger partial charge in [0, 0.05) is 37.2 Å². The van der Waals surface area contributed by atoms with Crippen molar-refractivity contribution < 1.29 is 19.4 Å². The Bertz CT molecular complexity index is 1410. The number of nitrogens with one attached hydrogen (secondary N) is 2. The molecule has 10 heteroatoms. The van der Waals surface area contributed by atoms with Crippen LogP contribution in [-0.2, 0) is 13.0 Å². The van der Waals surface area contributed by atoms with Crippen LogP contribution in [0, 0.1) is 11.2 Å². The molecule has 0 saturated carbocycles. The van der Waals surface area contributed by atoms with Gasteiger partial charge in [-0.25, -0.2) is 9.37 Å². The Hall–Kier alpha value is -4.05. The third kappa shape index (κ3) is 5.22. The van der Waals surface area contributed by atoms with Crippen molar-refractivity contribution in [3.8, 4) is 5.75 Å². The molecule has 0 spiro atoms. The summed E-state index contributed by atoms with van der Waals surface area (Å²) in [5.41, 5.74) is 0.254. The molecule has 4 aromatic rings. The number of halogens is 1. The monoisotopic (exact) mass is 479 g/mol. The highest BCUT2D eigenvalue weighted by molar-refractivity contribution is 6.01. The number of hydrogen-bond donors (Lipinski definition) is 4. The van der Waals surface area contributed by atoms with E-state index in [1.165, 1.54) is 16.7 Å². The maximum absolute atomic E-state index is 13.5. The lowest BCUT2D eigenvalue weighted by molar-refractivity contribution is 0.0906. The zero-order valence-electron chi connectivity index (χ0n) is 19.4. The van der Waals surface area contributed by atoms with Crippen LogP contribution >= 0.6 is 0 Å². The average molecular weight is 480 g/mol. The number of nitrogens with zero attached hydrogens (tertiary/aromatic N) is 3. The molecule has 0 aliphatic heterocycles. The van der Waals surface area contributed by atoms with Crippen LogP contribution in [0.5, 0.6) is 5.75 Å². The largest absolute Gasteiger partial charge is 0.505 e. The van der Waals surface area contributed by atoms with Crippen molar-refractivity contribution in [3.05, 3.63) is 87.6 Å². The third-order valence-corrected chi connectivity index (χ3v) is 5.70. The van der Waals surface area contributed by atoms with E-state index < -0.39 is 28.2 Å². The molecule has 0 aliphatic rings. The molecular weight excluding hydrogens is 453 g/mol. The van der Waals surface area contributed by atoms with Crippen molar-refractivity contribution in [1.29, 1.82) is 0 Å². The van der Waals surface area contributed by atoms with Crippen molar-refractivity contribution in [3.63, 3.8) is 0 Å². The summed E-state index contributed by atoms with van der Waals surface area (Å²) in [4.78, 5) is 37.9. The summed E-state index contributed by atoms with van der Waals surface area (Å²) < 4.78 is 14.6. The topological polar surface area (TPSA) is 133 Å². The number of hydrogen-bond acceptors (Lipinski definition) is 6. The summed E-state index contributed by atoms with van der Waals surface area (Å²) in [6.45, 7) is 3.46. The second kappa shape index (κ2) is 9.67. The van der Waals surface area contributed by atoms with Crippen LogP contribution in [0.2, 0.25) is 0 Å². The summed E-state index contributed by atoms with van der Waals surface area (Å²) in [5, 5.41) is 23.0. The molecule has 3 heterocycles. The maximum Gasteiger partial charge on any atom is 0.268 e. The Kier molecular flexibility index (Phi) is 6.65. The van der Waals surface area contributed by atoms with Crippen molar-refractivity contribution in [2.45, 2.75) is 26.8 Å². The van der Waals surface area contributed by atoms with Crippen molar-refractivity contribution >= 4 is 16.9 Å².